The van der Waals surface area contributed by atoms with Crippen molar-refractivity contribution in [2.75, 3.05) is 12.5 Å². The Morgan fingerprint density at radius 2 is 1.90 bits per heavy atom. The van der Waals surface area contributed by atoms with Gasteiger partial charge in [0.2, 0.25) is 17.9 Å². The predicted molar refractivity (Wildman–Crippen MR) is 119 cm³/mol. The fourth-order valence-electron chi connectivity index (χ4n) is 3.07. The molecule has 0 saturated heterocycles. The number of hydrogen-bond donors (Lipinski definition) is 1. The molecule has 0 radical (unpaired) electrons. The van der Waals surface area contributed by atoms with Gasteiger partial charge >= 0.3 is 0 Å². The third-order valence-corrected chi connectivity index (χ3v) is 6.08. The van der Waals surface area contributed by atoms with Crippen molar-refractivity contribution >= 4 is 39.2 Å². The second kappa shape index (κ2) is 8.56. The summed E-state index contributed by atoms with van der Waals surface area (Å²) in [7, 11) is 0. The van der Waals surface area contributed by atoms with Gasteiger partial charge in [0.05, 0.1) is 11.4 Å². The van der Waals surface area contributed by atoms with Gasteiger partial charge in [-0.2, -0.15) is 9.61 Å². The van der Waals surface area contributed by atoms with Crippen LogP contribution in [0.15, 0.2) is 64.2 Å². The predicted octanol–water partition coefficient (Wildman–Crippen LogP) is 3.69. The topological polar surface area (TPSA) is 90.6 Å². The molecule has 5 rings (SSSR count). The van der Waals surface area contributed by atoms with E-state index >= 15 is 0 Å². The van der Waals surface area contributed by atoms with Crippen LogP contribution in [0.25, 0.3) is 16.9 Å². The smallest absolute Gasteiger partial charge is 0.231 e. The average molecular weight is 498 g/mol. The molecule has 0 bridgehead atoms. The molecule has 4 aromatic rings. The molecule has 3 heterocycles. The minimum absolute atomic E-state index is 0.108. The molecule has 1 aliphatic rings. The van der Waals surface area contributed by atoms with Crippen LogP contribution in [0.1, 0.15) is 5.56 Å². The lowest BCUT2D eigenvalue weighted by molar-refractivity contribution is -0.118. The van der Waals surface area contributed by atoms with Crippen LogP contribution in [-0.4, -0.2) is 38.3 Å². The molecule has 31 heavy (non-hydrogen) atoms. The molecule has 0 unspecified atom stereocenters. The number of hydrogen-bond acceptors (Lipinski definition) is 7. The molecular weight excluding hydrogens is 482 g/mol. The van der Waals surface area contributed by atoms with E-state index in [0.717, 1.165) is 27.0 Å². The van der Waals surface area contributed by atoms with Gasteiger partial charge in [0.25, 0.3) is 0 Å². The van der Waals surface area contributed by atoms with Crippen LogP contribution in [0.3, 0.4) is 0 Å². The van der Waals surface area contributed by atoms with Crippen molar-refractivity contribution in [2.45, 2.75) is 11.7 Å². The van der Waals surface area contributed by atoms with E-state index < -0.39 is 0 Å². The van der Waals surface area contributed by atoms with Crippen LogP contribution < -0.4 is 14.8 Å². The molecule has 1 N–H and O–H groups in total. The summed E-state index contributed by atoms with van der Waals surface area (Å²) in [6, 6.07) is 17.3. The SMILES string of the molecule is O=C(CSc1nnc2ccc(-c3ccc(Br)cc3)nn12)NCc1ccc2c(c1)OCO2. The van der Waals surface area contributed by atoms with Gasteiger partial charge in [0, 0.05) is 16.6 Å². The second-order valence-corrected chi connectivity index (χ2v) is 8.59. The van der Waals surface area contributed by atoms with Crippen molar-refractivity contribution < 1.29 is 14.3 Å². The van der Waals surface area contributed by atoms with Gasteiger partial charge in [0.1, 0.15) is 0 Å². The summed E-state index contributed by atoms with van der Waals surface area (Å²) in [5.74, 6) is 1.52. The summed E-state index contributed by atoms with van der Waals surface area (Å²) in [5, 5.41) is 16.4. The lowest BCUT2D eigenvalue weighted by Crippen LogP contribution is -2.24. The minimum atomic E-state index is -0.108. The summed E-state index contributed by atoms with van der Waals surface area (Å²) in [6.45, 7) is 0.633. The molecule has 0 saturated carbocycles. The van der Waals surface area contributed by atoms with Crippen molar-refractivity contribution in [2.24, 2.45) is 0 Å². The van der Waals surface area contributed by atoms with Gasteiger partial charge in [-0.15, -0.1) is 10.2 Å². The van der Waals surface area contributed by atoms with Gasteiger partial charge in [-0.3, -0.25) is 4.79 Å². The van der Waals surface area contributed by atoms with Gasteiger partial charge in [0.15, 0.2) is 17.1 Å². The van der Waals surface area contributed by atoms with Gasteiger partial charge in [-0.25, -0.2) is 0 Å². The Kier molecular flexibility index (Phi) is 5.47. The molecule has 0 spiro atoms. The Bertz CT molecular complexity index is 1260. The van der Waals surface area contributed by atoms with Crippen LogP contribution in [0, 0.1) is 0 Å². The fourth-order valence-corrected chi connectivity index (χ4v) is 4.05. The summed E-state index contributed by atoms with van der Waals surface area (Å²) in [5.41, 5.74) is 3.35. The van der Waals surface area contributed by atoms with E-state index in [0.29, 0.717) is 23.1 Å². The Balaban J connectivity index is 1.23. The lowest BCUT2D eigenvalue weighted by Gasteiger charge is -2.06. The van der Waals surface area contributed by atoms with E-state index in [9.17, 15) is 4.79 Å². The molecule has 0 fully saturated rings. The molecule has 10 heteroatoms. The molecule has 2 aromatic carbocycles. The zero-order valence-electron chi connectivity index (χ0n) is 16.1. The van der Waals surface area contributed by atoms with Gasteiger partial charge in [-0.05, 0) is 42.0 Å². The minimum Gasteiger partial charge on any atom is -0.454 e. The van der Waals surface area contributed by atoms with Crippen molar-refractivity contribution in [3.8, 4) is 22.8 Å². The van der Waals surface area contributed by atoms with Crippen LogP contribution in [-0.2, 0) is 11.3 Å². The molecule has 0 atom stereocenters. The maximum Gasteiger partial charge on any atom is 0.231 e. The molecule has 156 valence electrons. The molecule has 8 nitrogen and oxygen atoms in total. The van der Waals surface area contributed by atoms with Gasteiger partial charge in [-0.1, -0.05) is 45.9 Å². The number of aromatic nitrogens is 4. The second-order valence-electron chi connectivity index (χ2n) is 6.73. The highest BCUT2D eigenvalue weighted by Gasteiger charge is 2.14. The van der Waals surface area contributed by atoms with Crippen LogP contribution in [0.4, 0.5) is 0 Å². The average Bonchev–Trinajstić information content (AvgIpc) is 3.42. The maximum atomic E-state index is 12.3. The third-order valence-electron chi connectivity index (χ3n) is 4.63. The van der Waals surface area contributed by atoms with E-state index in [1.54, 1.807) is 4.52 Å². The highest BCUT2D eigenvalue weighted by atomic mass is 79.9. The molecule has 0 aliphatic carbocycles. The molecule has 1 amide bonds. The van der Waals surface area contributed by atoms with Crippen molar-refractivity contribution in [3.05, 3.63) is 64.6 Å². The summed E-state index contributed by atoms with van der Waals surface area (Å²) in [6.07, 6.45) is 0. The van der Waals surface area contributed by atoms with Crippen LogP contribution in [0.2, 0.25) is 0 Å². The number of ether oxygens (including phenoxy) is 2. The molecule has 1 aliphatic heterocycles. The highest BCUT2D eigenvalue weighted by molar-refractivity contribution is 9.10. The van der Waals surface area contributed by atoms with Crippen molar-refractivity contribution in [1.29, 1.82) is 0 Å². The van der Waals surface area contributed by atoms with E-state index in [1.165, 1.54) is 11.8 Å². The summed E-state index contributed by atoms with van der Waals surface area (Å²) in [4.78, 5) is 12.3. The first-order valence-electron chi connectivity index (χ1n) is 9.42. The first kappa shape index (κ1) is 19.8. The Labute approximate surface area is 190 Å². The van der Waals surface area contributed by atoms with E-state index in [2.05, 4.69) is 36.5 Å². The first-order chi connectivity index (χ1) is 15.2. The summed E-state index contributed by atoms with van der Waals surface area (Å²) >= 11 is 4.73. The number of rotatable bonds is 6. The van der Waals surface area contributed by atoms with E-state index in [-0.39, 0.29) is 18.5 Å². The number of benzene rings is 2. The monoisotopic (exact) mass is 497 g/mol. The fraction of sp³-hybridized carbons (Fsp3) is 0.143. The number of carbonyl (C=O) groups is 1. The number of halogens is 1. The van der Waals surface area contributed by atoms with E-state index in [4.69, 9.17) is 9.47 Å². The number of thioether (sulfide) groups is 1. The molecular formula is C21H16BrN5O3S. The Morgan fingerprint density at radius 3 is 2.77 bits per heavy atom. The normalized spacial score (nSPS) is 12.3. The Hall–Kier alpha value is -3.11. The van der Waals surface area contributed by atoms with Crippen molar-refractivity contribution in [3.63, 3.8) is 0 Å². The third kappa shape index (κ3) is 4.35. The maximum absolute atomic E-state index is 12.3. The first-order valence-corrected chi connectivity index (χ1v) is 11.2. The number of nitrogens with zero attached hydrogens (tertiary/aromatic N) is 4. The zero-order valence-corrected chi connectivity index (χ0v) is 18.5. The number of amides is 1. The van der Waals surface area contributed by atoms with Crippen LogP contribution >= 0.6 is 27.7 Å². The zero-order chi connectivity index (χ0) is 21.2. The van der Waals surface area contributed by atoms with Crippen LogP contribution in [0.5, 0.6) is 11.5 Å². The number of fused-ring (bicyclic) bond motifs is 2. The summed E-state index contributed by atoms with van der Waals surface area (Å²) < 4.78 is 13.3. The number of nitrogens with one attached hydrogen (secondary N) is 1. The number of carbonyl (C=O) groups excluding carboxylic acids is 1. The Morgan fingerprint density at radius 1 is 1.06 bits per heavy atom. The quantitative estimate of drug-likeness (QED) is 0.406. The van der Waals surface area contributed by atoms with Gasteiger partial charge < -0.3 is 14.8 Å². The molecule has 2 aromatic heterocycles. The lowest BCUT2D eigenvalue weighted by atomic mass is 10.1. The van der Waals surface area contributed by atoms with Crippen molar-refractivity contribution in [1.82, 2.24) is 25.1 Å². The standard InChI is InChI=1S/C21H16BrN5O3S/c22-15-4-2-14(3-5-15)16-6-8-19-24-25-21(27(19)26-16)31-11-20(28)23-10-13-1-7-17-18(9-13)30-12-29-17/h1-9H,10-12H2,(H,23,28). The highest BCUT2D eigenvalue weighted by Crippen LogP contribution is 2.32. The van der Waals surface area contributed by atoms with E-state index in [1.807, 2.05) is 54.6 Å². The largest absolute Gasteiger partial charge is 0.454 e.